The van der Waals surface area contributed by atoms with E-state index in [1.54, 1.807) is 6.07 Å². The van der Waals surface area contributed by atoms with E-state index in [-0.39, 0.29) is 18.8 Å². The molecule has 30 heavy (non-hydrogen) atoms. The molecule has 2 unspecified atom stereocenters. The summed E-state index contributed by atoms with van der Waals surface area (Å²) in [7, 11) is -3.23. The van der Waals surface area contributed by atoms with Gasteiger partial charge in [-0.3, -0.25) is 0 Å². The Labute approximate surface area is 182 Å². The van der Waals surface area contributed by atoms with Crippen molar-refractivity contribution in [3.05, 3.63) is 65.2 Å². The van der Waals surface area contributed by atoms with E-state index in [1.165, 1.54) is 18.4 Å². The van der Waals surface area contributed by atoms with Gasteiger partial charge in [-0.05, 0) is 0 Å². The van der Waals surface area contributed by atoms with Crippen molar-refractivity contribution in [3.8, 4) is 0 Å². The molecule has 164 valence electrons. The predicted molar refractivity (Wildman–Crippen MR) is 121 cm³/mol. The number of nitrogens with two attached hydrogens (primary N) is 1. The van der Waals surface area contributed by atoms with Crippen LogP contribution in [0.1, 0.15) is 41.8 Å². The first-order valence-electron chi connectivity index (χ1n) is 9.77. The first-order chi connectivity index (χ1) is 14.0. The van der Waals surface area contributed by atoms with Gasteiger partial charge in [-0.25, -0.2) is 0 Å². The number of rotatable bonds is 11. The molecular weight excluding hydrogens is 465 g/mol. The van der Waals surface area contributed by atoms with E-state index in [0.29, 0.717) is 21.5 Å². The van der Waals surface area contributed by atoms with Gasteiger partial charge in [0, 0.05) is 0 Å². The topological polar surface area (TPSA) is 107 Å². The van der Waals surface area contributed by atoms with Crippen LogP contribution in [0.4, 0.5) is 0 Å². The van der Waals surface area contributed by atoms with Gasteiger partial charge in [-0.15, -0.1) is 0 Å². The molecule has 2 aromatic rings. The van der Waals surface area contributed by atoms with Crippen LogP contribution < -0.4 is 10.1 Å². The van der Waals surface area contributed by atoms with Gasteiger partial charge in [0.2, 0.25) is 0 Å². The van der Waals surface area contributed by atoms with Crippen LogP contribution in [0.2, 0.25) is 5.21 Å². The molecule has 0 aliphatic rings. The maximum absolute atomic E-state index is 12.3. The number of benzene rings is 2. The van der Waals surface area contributed by atoms with Gasteiger partial charge in [-0.2, -0.15) is 0 Å². The molecular formula is C22H30AsNO5S. The Hall–Kier alpha value is -1.66. The van der Waals surface area contributed by atoms with Crippen LogP contribution in [0, 0.1) is 0 Å². The van der Waals surface area contributed by atoms with Crippen molar-refractivity contribution in [3.63, 3.8) is 0 Å². The van der Waals surface area contributed by atoms with E-state index in [1.807, 2.05) is 44.2 Å². The molecule has 8 heteroatoms. The first-order valence-corrected chi connectivity index (χ1v) is 16.2. The molecule has 6 nitrogen and oxygen atoms in total. The summed E-state index contributed by atoms with van der Waals surface area (Å²) < 4.78 is 31.1. The molecule has 0 fully saturated rings. The Morgan fingerprint density at radius 2 is 1.83 bits per heavy atom. The van der Waals surface area contributed by atoms with E-state index in [2.05, 4.69) is 0 Å². The van der Waals surface area contributed by atoms with Gasteiger partial charge >= 0.3 is 183 Å². The van der Waals surface area contributed by atoms with Crippen molar-refractivity contribution in [1.29, 1.82) is 0 Å². The summed E-state index contributed by atoms with van der Waals surface area (Å²) in [6.07, 6.45) is 2.63. The summed E-state index contributed by atoms with van der Waals surface area (Å²) in [5, 5.41) is 10.0. The number of carboxylic acids is 1. The number of ether oxygens (including phenoxy) is 1. The second kappa shape index (κ2) is 10.6. The molecule has 0 bridgehead atoms. The zero-order chi connectivity index (χ0) is 22.4. The summed E-state index contributed by atoms with van der Waals surface area (Å²) in [4.78, 5) is 11.6. The normalized spacial score (nSPS) is 14.8. The molecule has 0 saturated heterocycles. The Bertz CT molecular complexity index is 961. The second-order valence-corrected chi connectivity index (χ2v) is 19.4. The van der Waals surface area contributed by atoms with E-state index in [9.17, 15) is 18.3 Å². The van der Waals surface area contributed by atoms with Crippen LogP contribution in [0.15, 0.2) is 48.5 Å². The van der Waals surface area contributed by atoms with E-state index < -0.39 is 33.1 Å². The van der Waals surface area contributed by atoms with E-state index in [0.717, 1.165) is 12.0 Å². The third-order valence-corrected chi connectivity index (χ3v) is 15.9. The number of aromatic carboxylic acids is 1. The quantitative estimate of drug-likeness (QED) is 0.464. The van der Waals surface area contributed by atoms with Gasteiger partial charge in [0.1, 0.15) is 0 Å². The number of hydrogen-bond donors (Lipinski definition) is 2. The van der Waals surface area contributed by atoms with E-state index >= 15 is 0 Å². The minimum absolute atomic E-state index is 0.0880. The zero-order valence-electron chi connectivity index (χ0n) is 17.7. The summed E-state index contributed by atoms with van der Waals surface area (Å²) >= 11 is -2.44. The number of carboxylic acid groups (broad SMARTS) is 1. The average molecular weight is 495 g/mol. The molecule has 0 saturated carbocycles. The maximum atomic E-state index is 12.3. The van der Waals surface area contributed by atoms with E-state index in [4.69, 9.17) is 10.5 Å². The second-order valence-electron chi connectivity index (χ2n) is 7.84. The summed E-state index contributed by atoms with van der Waals surface area (Å²) in [5.41, 5.74) is 7.65. The molecule has 0 radical (unpaired) electrons. The van der Waals surface area contributed by atoms with Crippen molar-refractivity contribution in [2.45, 2.75) is 44.0 Å². The standard InChI is InChI=1S/C22H30AsNO5S/c1-4-10-23(30(3,27)28)20-12-18(11-19(13-20)21(25)26)15-29-16-22(2,24)14-17-8-6-5-7-9-17/h5-9,11-13H,4,10,14-16,24H2,1-3H3,(H,25,26). The Morgan fingerprint density at radius 1 is 1.17 bits per heavy atom. The molecule has 0 aromatic heterocycles. The minimum atomic E-state index is -3.23. The molecule has 3 N–H and O–H groups in total. The van der Waals surface area contributed by atoms with Crippen molar-refractivity contribution < 1.29 is 23.1 Å². The van der Waals surface area contributed by atoms with Gasteiger partial charge in [0.15, 0.2) is 0 Å². The van der Waals surface area contributed by atoms with Crippen LogP contribution >= 0.6 is 0 Å². The monoisotopic (exact) mass is 495 g/mol. The van der Waals surface area contributed by atoms with Crippen LogP contribution in [-0.2, 0) is 25.9 Å². The number of hydrogen-bond acceptors (Lipinski definition) is 5. The van der Waals surface area contributed by atoms with Crippen molar-refractivity contribution in [1.82, 2.24) is 0 Å². The Balaban J connectivity index is 2.16. The Kier molecular flexibility index (Phi) is 8.68. The van der Waals surface area contributed by atoms with Crippen LogP contribution in [0.3, 0.4) is 0 Å². The molecule has 2 rings (SSSR count). The molecule has 2 aromatic carbocycles. The molecule has 0 aliphatic carbocycles. The van der Waals surface area contributed by atoms with Gasteiger partial charge < -0.3 is 0 Å². The third kappa shape index (κ3) is 7.55. The van der Waals surface area contributed by atoms with Crippen molar-refractivity contribution in [2.24, 2.45) is 5.73 Å². The molecule has 0 amide bonds. The Morgan fingerprint density at radius 3 is 2.40 bits per heavy atom. The number of carbonyl (C=O) groups is 1. The van der Waals surface area contributed by atoms with Crippen molar-refractivity contribution >= 4 is 31.9 Å². The average Bonchev–Trinajstić information content (AvgIpc) is 2.65. The fourth-order valence-electron chi connectivity index (χ4n) is 3.23. The fraction of sp³-hybridized carbons (Fsp3) is 0.409. The molecule has 0 heterocycles. The molecule has 0 spiro atoms. The van der Waals surface area contributed by atoms with Crippen LogP contribution in [0.25, 0.3) is 0 Å². The summed E-state index contributed by atoms with van der Waals surface area (Å²) in [6.45, 7) is 4.31. The van der Waals surface area contributed by atoms with Gasteiger partial charge in [0.25, 0.3) is 0 Å². The molecule has 2 atom stereocenters. The summed E-state index contributed by atoms with van der Waals surface area (Å²) in [5.74, 6) is -1.08. The summed E-state index contributed by atoms with van der Waals surface area (Å²) in [6, 6.07) is 14.7. The first kappa shape index (κ1) is 24.6. The van der Waals surface area contributed by atoms with Crippen LogP contribution in [-0.4, -0.2) is 51.4 Å². The predicted octanol–water partition coefficient (Wildman–Crippen LogP) is 2.51. The third-order valence-electron chi connectivity index (χ3n) is 4.49. The van der Waals surface area contributed by atoms with Crippen molar-refractivity contribution in [2.75, 3.05) is 12.9 Å². The zero-order valence-corrected chi connectivity index (χ0v) is 20.4. The van der Waals surface area contributed by atoms with Gasteiger partial charge in [0.05, 0.1) is 0 Å². The fourth-order valence-corrected chi connectivity index (χ4v) is 12.6. The SMILES string of the molecule is CCC[As](c1cc(COCC(C)(N)Cc2ccccc2)cc(C(=O)O)c1)S(C)(=O)=O. The van der Waals surface area contributed by atoms with Crippen LogP contribution in [0.5, 0.6) is 0 Å². The molecule has 0 aliphatic heterocycles. The van der Waals surface area contributed by atoms with Gasteiger partial charge in [-0.1, -0.05) is 0 Å².